The fraction of sp³-hybridized carbons (Fsp3) is 0.0667. The van der Waals surface area contributed by atoms with Crippen LogP contribution in [-0.4, -0.2) is 4.98 Å². The summed E-state index contributed by atoms with van der Waals surface area (Å²) < 4.78 is 1.07. The minimum absolute atomic E-state index is 0.617. The Morgan fingerprint density at radius 3 is 2.90 bits per heavy atom. The topological polar surface area (TPSA) is 74.7 Å². The second-order valence-corrected chi connectivity index (χ2v) is 5.38. The number of aromatic nitrogens is 1. The molecule has 98 valence electrons. The molecule has 0 saturated carbocycles. The van der Waals surface area contributed by atoms with Crippen molar-refractivity contribution in [3.8, 4) is 6.07 Å². The molecule has 0 aliphatic heterocycles. The molecule has 0 unspecified atom stereocenters. The van der Waals surface area contributed by atoms with Gasteiger partial charge in [0.15, 0.2) is 0 Å². The van der Waals surface area contributed by atoms with Gasteiger partial charge in [-0.15, -0.1) is 11.3 Å². The summed E-state index contributed by atoms with van der Waals surface area (Å²) in [4.78, 5) is 4.28. The zero-order valence-electron chi connectivity index (χ0n) is 10.8. The van der Waals surface area contributed by atoms with E-state index in [9.17, 15) is 0 Å². The lowest BCUT2D eigenvalue weighted by Gasteiger charge is -2.12. The summed E-state index contributed by atoms with van der Waals surface area (Å²) in [6.07, 6.45) is 0. The van der Waals surface area contributed by atoms with Crippen molar-refractivity contribution in [1.82, 2.24) is 4.98 Å². The van der Waals surface area contributed by atoms with E-state index in [-0.39, 0.29) is 0 Å². The van der Waals surface area contributed by atoms with Crippen molar-refractivity contribution in [2.75, 3.05) is 11.1 Å². The largest absolute Gasteiger partial charge is 0.395 e. The minimum atomic E-state index is 0.617. The van der Waals surface area contributed by atoms with Crippen LogP contribution in [0.5, 0.6) is 0 Å². The molecule has 3 aromatic rings. The Morgan fingerprint density at radius 2 is 2.10 bits per heavy atom. The molecule has 0 amide bonds. The summed E-state index contributed by atoms with van der Waals surface area (Å²) in [5.74, 6) is 0. The zero-order valence-corrected chi connectivity index (χ0v) is 11.7. The van der Waals surface area contributed by atoms with Crippen molar-refractivity contribution in [3.05, 3.63) is 47.0 Å². The maximum absolute atomic E-state index is 8.98. The Kier molecular flexibility index (Phi) is 3.01. The standard InChI is InChI=1S/C15H12N4S/c1-9-2-3-10(7-16)6-12(9)19-11-4-5-13-15(14(11)17)18-8-20-13/h2-6,8,19H,17H2,1H3. The summed E-state index contributed by atoms with van der Waals surface area (Å²) in [7, 11) is 0. The number of nitrogens with zero attached hydrogens (tertiary/aromatic N) is 2. The van der Waals surface area contributed by atoms with E-state index in [2.05, 4.69) is 16.4 Å². The fourth-order valence-electron chi connectivity index (χ4n) is 2.03. The van der Waals surface area contributed by atoms with Crippen LogP contribution in [-0.2, 0) is 0 Å². The average molecular weight is 280 g/mol. The third-order valence-corrected chi connectivity index (χ3v) is 3.97. The van der Waals surface area contributed by atoms with E-state index in [1.807, 2.05) is 31.2 Å². The number of nitrogens with one attached hydrogen (secondary N) is 1. The van der Waals surface area contributed by atoms with Crippen molar-refractivity contribution in [3.63, 3.8) is 0 Å². The third kappa shape index (κ3) is 2.06. The zero-order chi connectivity index (χ0) is 14.1. The predicted molar refractivity (Wildman–Crippen MR) is 83.2 cm³/mol. The number of nitriles is 1. The number of fused-ring (bicyclic) bond motifs is 1. The Morgan fingerprint density at radius 1 is 1.25 bits per heavy atom. The van der Waals surface area contributed by atoms with E-state index < -0.39 is 0 Å². The summed E-state index contributed by atoms with van der Waals surface area (Å²) in [5.41, 5.74) is 12.7. The smallest absolute Gasteiger partial charge is 0.106 e. The first-order valence-electron chi connectivity index (χ1n) is 6.08. The van der Waals surface area contributed by atoms with Gasteiger partial charge in [0.05, 0.1) is 33.2 Å². The molecule has 0 fully saturated rings. The van der Waals surface area contributed by atoms with E-state index in [4.69, 9.17) is 11.0 Å². The van der Waals surface area contributed by atoms with Crippen LogP contribution < -0.4 is 11.1 Å². The van der Waals surface area contributed by atoms with E-state index in [1.165, 1.54) is 0 Å². The summed E-state index contributed by atoms with van der Waals surface area (Å²) in [5, 5.41) is 12.3. The van der Waals surface area contributed by atoms with Crippen LogP contribution in [0, 0.1) is 18.3 Å². The van der Waals surface area contributed by atoms with Crippen molar-refractivity contribution >= 4 is 38.6 Å². The SMILES string of the molecule is Cc1ccc(C#N)cc1Nc1ccc2scnc2c1N. The van der Waals surface area contributed by atoms with Gasteiger partial charge in [-0.05, 0) is 36.8 Å². The third-order valence-electron chi connectivity index (χ3n) is 3.18. The number of aryl methyl sites for hydroxylation is 1. The number of anilines is 3. The highest BCUT2D eigenvalue weighted by Gasteiger charge is 2.08. The quantitative estimate of drug-likeness (QED) is 0.700. The second-order valence-electron chi connectivity index (χ2n) is 4.49. The normalized spacial score (nSPS) is 10.4. The molecule has 3 rings (SSSR count). The molecule has 0 spiro atoms. The van der Waals surface area contributed by atoms with Crippen LogP contribution in [0.3, 0.4) is 0 Å². The van der Waals surface area contributed by atoms with Gasteiger partial charge in [0, 0.05) is 5.69 Å². The average Bonchev–Trinajstić information content (AvgIpc) is 2.93. The van der Waals surface area contributed by atoms with Crippen LogP contribution in [0.15, 0.2) is 35.8 Å². The molecule has 0 saturated heterocycles. The maximum atomic E-state index is 8.98. The molecule has 0 atom stereocenters. The van der Waals surface area contributed by atoms with Gasteiger partial charge in [0.2, 0.25) is 0 Å². The molecule has 5 heteroatoms. The number of nitrogens with two attached hydrogens (primary N) is 1. The Hall–Kier alpha value is -2.58. The summed E-state index contributed by atoms with van der Waals surface area (Å²) in [6.45, 7) is 1.99. The van der Waals surface area contributed by atoms with Crippen LogP contribution in [0.25, 0.3) is 10.2 Å². The number of nitrogen functional groups attached to an aromatic ring is 1. The van der Waals surface area contributed by atoms with Gasteiger partial charge in [-0.25, -0.2) is 4.98 Å². The summed E-state index contributed by atoms with van der Waals surface area (Å²) >= 11 is 1.56. The lowest BCUT2D eigenvalue weighted by Crippen LogP contribution is -1.99. The van der Waals surface area contributed by atoms with Gasteiger partial charge in [-0.1, -0.05) is 6.07 Å². The number of hydrogen-bond acceptors (Lipinski definition) is 5. The summed E-state index contributed by atoms with van der Waals surface area (Å²) in [6, 6.07) is 11.6. The molecule has 0 aliphatic carbocycles. The van der Waals surface area contributed by atoms with Gasteiger partial charge >= 0.3 is 0 Å². The molecule has 3 N–H and O–H groups in total. The first-order chi connectivity index (χ1) is 9.69. The first kappa shape index (κ1) is 12.5. The van der Waals surface area contributed by atoms with E-state index in [0.717, 1.165) is 27.2 Å². The van der Waals surface area contributed by atoms with Gasteiger partial charge in [-0.2, -0.15) is 5.26 Å². The number of benzene rings is 2. The van der Waals surface area contributed by atoms with Gasteiger partial charge in [0.1, 0.15) is 5.52 Å². The molecule has 4 nitrogen and oxygen atoms in total. The highest BCUT2D eigenvalue weighted by Crippen LogP contribution is 2.32. The van der Waals surface area contributed by atoms with Crippen molar-refractivity contribution in [2.24, 2.45) is 0 Å². The molecular formula is C15H12N4S. The van der Waals surface area contributed by atoms with Crippen LogP contribution in [0.1, 0.15) is 11.1 Å². The predicted octanol–water partition coefficient (Wildman–Crippen LogP) is 3.80. The van der Waals surface area contributed by atoms with Gasteiger partial charge in [0.25, 0.3) is 0 Å². The molecule has 20 heavy (non-hydrogen) atoms. The molecule has 0 radical (unpaired) electrons. The van der Waals surface area contributed by atoms with E-state index in [0.29, 0.717) is 11.3 Å². The van der Waals surface area contributed by atoms with Crippen LogP contribution in [0.4, 0.5) is 17.1 Å². The van der Waals surface area contributed by atoms with Gasteiger partial charge < -0.3 is 11.1 Å². The molecule has 0 bridgehead atoms. The highest BCUT2D eigenvalue weighted by molar-refractivity contribution is 7.16. The minimum Gasteiger partial charge on any atom is -0.395 e. The highest BCUT2D eigenvalue weighted by atomic mass is 32.1. The van der Waals surface area contributed by atoms with Crippen molar-refractivity contribution in [2.45, 2.75) is 6.92 Å². The van der Waals surface area contributed by atoms with Crippen molar-refractivity contribution in [1.29, 1.82) is 5.26 Å². The molecule has 1 heterocycles. The van der Waals surface area contributed by atoms with Crippen LogP contribution >= 0.6 is 11.3 Å². The maximum Gasteiger partial charge on any atom is 0.106 e. The number of hydrogen-bond donors (Lipinski definition) is 2. The second kappa shape index (κ2) is 4.83. The Balaban J connectivity index is 2.05. The monoisotopic (exact) mass is 280 g/mol. The van der Waals surface area contributed by atoms with Crippen LogP contribution in [0.2, 0.25) is 0 Å². The van der Waals surface area contributed by atoms with Gasteiger partial charge in [-0.3, -0.25) is 0 Å². The lowest BCUT2D eigenvalue weighted by atomic mass is 10.1. The molecule has 1 aromatic heterocycles. The number of rotatable bonds is 2. The first-order valence-corrected chi connectivity index (χ1v) is 6.96. The Labute approximate surface area is 120 Å². The van der Waals surface area contributed by atoms with E-state index >= 15 is 0 Å². The molecule has 0 aliphatic rings. The number of thiazole rings is 1. The Bertz CT molecular complexity index is 829. The van der Waals surface area contributed by atoms with Crippen molar-refractivity contribution < 1.29 is 0 Å². The molecular weight excluding hydrogens is 268 g/mol. The molecule has 2 aromatic carbocycles. The lowest BCUT2D eigenvalue weighted by molar-refractivity contribution is 1.40. The van der Waals surface area contributed by atoms with E-state index in [1.54, 1.807) is 22.9 Å². The fourth-order valence-corrected chi connectivity index (χ4v) is 2.73.